The summed E-state index contributed by atoms with van der Waals surface area (Å²) in [5.41, 5.74) is 1.35. The van der Waals surface area contributed by atoms with Crippen molar-refractivity contribution in [2.45, 2.75) is 6.42 Å². The molecule has 2 aliphatic carbocycles. The Morgan fingerprint density at radius 1 is 1.09 bits per heavy atom. The molecule has 5 nitrogen and oxygen atoms in total. The van der Waals surface area contributed by atoms with Gasteiger partial charge in [0.05, 0.1) is 23.0 Å². The molecule has 2 aliphatic rings. The fourth-order valence-electron chi connectivity index (χ4n) is 3.94. The van der Waals surface area contributed by atoms with Gasteiger partial charge in [0.1, 0.15) is 0 Å². The molecule has 5 heteroatoms. The van der Waals surface area contributed by atoms with E-state index in [4.69, 9.17) is 0 Å². The Kier molecular flexibility index (Phi) is 3.15. The molecule has 2 bridgehead atoms. The molecular formula is C18H16N2O3. The minimum absolute atomic E-state index is 0.0176. The summed E-state index contributed by atoms with van der Waals surface area (Å²) in [5, 5.41) is 13.3. The van der Waals surface area contributed by atoms with E-state index in [0.29, 0.717) is 11.2 Å². The molecule has 23 heavy (non-hydrogen) atoms. The van der Waals surface area contributed by atoms with Crippen LogP contribution >= 0.6 is 0 Å². The predicted octanol–water partition coefficient (Wildman–Crippen LogP) is 2.70. The van der Waals surface area contributed by atoms with Crippen LogP contribution < -0.4 is 5.32 Å². The fraction of sp³-hybridized carbons (Fsp3) is 0.278. The zero-order valence-corrected chi connectivity index (χ0v) is 12.3. The van der Waals surface area contributed by atoms with Crippen LogP contribution in [0.2, 0.25) is 0 Å². The van der Waals surface area contributed by atoms with Crippen LogP contribution in [0.1, 0.15) is 6.42 Å². The first-order valence-electron chi connectivity index (χ1n) is 7.71. The highest BCUT2D eigenvalue weighted by Gasteiger charge is 2.51. The summed E-state index contributed by atoms with van der Waals surface area (Å²) in [6, 6.07) is 9.35. The van der Waals surface area contributed by atoms with Gasteiger partial charge in [0, 0.05) is 11.6 Å². The third-order valence-electron chi connectivity index (χ3n) is 4.94. The lowest BCUT2D eigenvalue weighted by molar-refractivity contribution is -0.146. The number of nitrogens with zero attached hydrogens (tertiary/aromatic N) is 1. The van der Waals surface area contributed by atoms with E-state index in [-0.39, 0.29) is 17.7 Å². The van der Waals surface area contributed by atoms with Crippen LogP contribution in [0.3, 0.4) is 0 Å². The van der Waals surface area contributed by atoms with Crippen molar-refractivity contribution < 1.29 is 14.7 Å². The average Bonchev–Trinajstić information content (AvgIpc) is 3.16. The molecule has 0 aliphatic heterocycles. The first kappa shape index (κ1) is 13.9. The monoisotopic (exact) mass is 308 g/mol. The Labute approximate surface area is 133 Å². The number of amides is 1. The van der Waals surface area contributed by atoms with Crippen molar-refractivity contribution in [3.8, 4) is 0 Å². The van der Waals surface area contributed by atoms with Crippen LogP contribution in [-0.4, -0.2) is 22.0 Å². The molecular weight excluding hydrogens is 292 g/mol. The number of para-hydroxylation sites is 1. The van der Waals surface area contributed by atoms with Gasteiger partial charge in [-0.25, -0.2) is 0 Å². The number of nitrogens with one attached hydrogen (secondary N) is 1. The second kappa shape index (κ2) is 5.19. The summed E-state index contributed by atoms with van der Waals surface area (Å²) in [7, 11) is 0. The average molecular weight is 308 g/mol. The molecule has 2 aromatic rings. The van der Waals surface area contributed by atoms with Gasteiger partial charge in [0.2, 0.25) is 5.91 Å². The quantitative estimate of drug-likeness (QED) is 0.854. The van der Waals surface area contributed by atoms with E-state index in [1.54, 1.807) is 12.3 Å². The molecule has 1 fully saturated rings. The van der Waals surface area contributed by atoms with Gasteiger partial charge in [-0.1, -0.05) is 30.4 Å². The van der Waals surface area contributed by atoms with Gasteiger partial charge in [0.15, 0.2) is 0 Å². The highest BCUT2D eigenvalue weighted by molar-refractivity contribution is 6.02. The van der Waals surface area contributed by atoms with Gasteiger partial charge in [-0.15, -0.1) is 0 Å². The number of pyridine rings is 1. The van der Waals surface area contributed by atoms with E-state index in [2.05, 4.69) is 10.3 Å². The molecule has 0 spiro atoms. The maximum Gasteiger partial charge on any atom is 0.307 e. The van der Waals surface area contributed by atoms with Crippen LogP contribution in [0.4, 0.5) is 5.69 Å². The van der Waals surface area contributed by atoms with Crippen molar-refractivity contribution in [3.05, 3.63) is 48.7 Å². The Bertz CT molecular complexity index is 825. The molecule has 4 rings (SSSR count). The topological polar surface area (TPSA) is 79.3 Å². The molecule has 0 radical (unpaired) electrons. The normalized spacial score (nSPS) is 28.2. The lowest BCUT2D eigenvalue weighted by Crippen LogP contribution is -2.36. The first-order valence-corrected chi connectivity index (χ1v) is 7.71. The Balaban J connectivity index is 1.65. The second-order valence-electron chi connectivity index (χ2n) is 6.21. The smallest absolute Gasteiger partial charge is 0.307 e. The summed E-state index contributed by atoms with van der Waals surface area (Å²) in [4.78, 5) is 28.6. The molecule has 1 aromatic carbocycles. The van der Waals surface area contributed by atoms with E-state index >= 15 is 0 Å². The number of benzene rings is 1. The van der Waals surface area contributed by atoms with E-state index in [0.717, 1.165) is 11.8 Å². The van der Waals surface area contributed by atoms with Crippen molar-refractivity contribution >= 4 is 28.5 Å². The zero-order valence-electron chi connectivity index (χ0n) is 12.3. The third-order valence-corrected chi connectivity index (χ3v) is 4.94. The SMILES string of the molecule is O=C(O)C1C2C=CC(C2)C1C(=O)Nc1cccc2cccnc12. The fourth-order valence-corrected chi connectivity index (χ4v) is 3.94. The van der Waals surface area contributed by atoms with E-state index in [1.165, 1.54) is 0 Å². The zero-order chi connectivity index (χ0) is 16.0. The molecule has 2 N–H and O–H groups in total. The number of carboxylic acids is 1. The van der Waals surface area contributed by atoms with Crippen LogP contribution in [-0.2, 0) is 9.59 Å². The van der Waals surface area contributed by atoms with Crippen LogP contribution in [0, 0.1) is 23.7 Å². The number of aromatic nitrogens is 1. The number of hydrogen-bond donors (Lipinski definition) is 2. The molecule has 1 amide bonds. The lowest BCUT2D eigenvalue weighted by atomic mass is 9.82. The van der Waals surface area contributed by atoms with Gasteiger partial charge in [-0.3, -0.25) is 14.6 Å². The Morgan fingerprint density at radius 2 is 1.83 bits per heavy atom. The highest BCUT2D eigenvalue weighted by Crippen LogP contribution is 2.48. The van der Waals surface area contributed by atoms with Crippen molar-refractivity contribution in [1.82, 2.24) is 4.98 Å². The number of carbonyl (C=O) groups is 2. The largest absolute Gasteiger partial charge is 0.481 e. The molecule has 4 atom stereocenters. The highest BCUT2D eigenvalue weighted by atomic mass is 16.4. The number of carboxylic acid groups (broad SMARTS) is 1. The third kappa shape index (κ3) is 2.20. The number of allylic oxidation sites excluding steroid dienone is 2. The number of carbonyl (C=O) groups excluding carboxylic acids is 1. The van der Waals surface area contributed by atoms with Crippen LogP contribution in [0.15, 0.2) is 48.7 Å². The first-order chi connectivity index (χ1) is 11.1. The summed E-state index contributed by atoms with van der Waals surface area (Å²) in [5.74, 6) is -2.28. The van der Waals surface area contributed by atoms with Crippen molar-refractivity contribution in [1.29, 1.82) is 0 Å². The predicted molar refractivity (Wildman–Crippen MR) is 85.7 cm³/mol. The molecule has 1 aromatic heterocycles. The van der Waals surface area contributed by atoms with E-state index in [9.17, 15) is 14.7 Å². The van der Waals surface area contributed by atoms with Crippen molar-refractivity contribution in [3.63, 3.8) is 0 Å². The molecule has 116 valence electrons. The summed E-state index contributed by atoms with van der Waals surface area (Å²) >= 11 is 0. The molecule has 4 unspecified atom stereocenters. The minimum atomic E-state index is -0.891. The maximum absolute atomic E-state index is 12.7. The Hall–Kier alpha value is -2.69. The summed E-state index contributed by atoms with van der Waals surface area (Å²) in [6.07, 6.45) is 6.35. The van der Waals surface area contributed by atoms with Crippen molar-refractivity contribution in [2.24, 2.45) is 23.7 Å². The van der Waals surface area contributed by atoms with Crippen molar-refractivity contribution in [2.75, 3.05) is 5.32 Å². The number of aliphatic carboxylic acids is 1. The van der Waals surface area contributed by atoms with Gasteiger partial charge in [-0.2, -0.15) is 0 Å². The molecule has 1 saturated carbocycles. The standard InChI is InChI=1S/C18H16N2O3/c21-17(14-11-6-7-12(9-11)15(14)18(22)23)20-13-5-1-3-10-4-2-8-19-16(10)13/h1-8,11-12,14-15H,9H2,(H,20,21)(H,22,23). The van der Waals surface area contributed by atoms with Crippen LogP contribution in [0.5, 0.6) is 0 Å². The van der Waals surface area contributed by atoms with Gasteiger partial charge >= 0.3 is 5.97 Å². The number of anilines is 1. The minimum Gasteiger partial charge on any atom is -0.481 e. The van der Waals surface area contributed by atoms with E-state index < -0.39 is 17.8 Å². The van der Waals surface area contributed by atoms with E-state index in [1.807, 2.05) is 36.4 Å². The lowest BCUT2D eigenvalue weighted by Gasteiger charge is -2.24. The van der Waals surface area contributed by atoms with Gasteiger partial charge in [-0.05, 0) is 30.4 Å². The Morgan fingerprint density at radius 3 is 2.61 bits per heavy atom. The molecule has 0 saturated heterocycles. The number of rotatable bonds is 3. The summed E-state index contributed by atoms with van der Waals surface area (Å²) in [6.45, 7) is 0. The maximum atomic E-state index is 12.7. The number of hydrogen-bond acceptors (Lipinski definition) is 3. The van der Waals surface area contributed by atoms with Crippen LogP contribution in [0.25, 0.3) is 10.9 Å². The number of fused-ring (bicyclic) bond motifs is 3. The summed E-state index contributed by atoms with van der Waals surface area (Å²) < 4.78 is 0. The van der Waals surface area contributed by atoms with Gasteiger partial charge < -0.3 is 10.4 Å². The second-order valence-corrected chi connectivity index (χ2v) is 6.21. The molecule has 1 heterocycles. The van der Waals surface area contributed by atoms with Gasteiger partial charge in [0.25, 0.3) is 0 Å².